The molecule has 1 atom stereocenters. The van der Waals surface area contributed by atoms with Gasteiger partial charge in [0.05, 0.1) is 12.3 Å². The van der Waals surface area contributed by atoms with Gasteiger partial charge in [0.1, 0.15) is 0 Å². The second-order valence-corrected chi connectivity index (χ2v) is 5.02. The van der Waals surface area contributed by atoms with E-state index in [-0.39, 0.29) is 6.61 Å². The highest BCUT2D eigenvalue weighted by Gasteiger charge is 2.11. The van der Waals surface area contributed by atoms with Crippen molar-refractivity contribution in [2.75, 3.05) is 19.6 Å². The van der Waals surface area contributed by atoms with E-state index in [9.17, 15) is 5.11 Å². The lowest BCUT2D eigenvalue weighted by Gasteiger charge is -2.20. The largest absolute Gasteiger partial charge is 0.390 e. The highest BCUT2D eigenvalue weighted by atomic mass is 32.1. The smallest absolute Gasteiger partial charge is 0.177 e. The van der Waals surface area contributed by atoms with Crippen LogP contribution in [0.4, 0.5) is 0 Å². The monoisotopic (exact) mass is 271 g/mol. The summed E-state index contributed by atoms with van der Waals surface area (Å²) in [6.07, 6.45) is 4.03. The molecule has 0 saturated heterocycles. The van der Waals surface area contributed by atoms with Crippen LogP contribution in [-0.4, -0.2) is 39.2 Å². The Hall–Kier alpha value is -0.650. The topological polar surface area (TPSA) is 44.2 Å². The number of hydrogen-bond donors (Lipinski definition) is 2. The SMILES string of the molecule is CCN(CC)CCCC(C)n1c(CO)c[nH]c1=S. The van der Waals surface area contributed by atoms with E-state index in [1.54, 1.807) is 6.20 Å². The Balaban J connectivity index is 2.52. The number of aliphatic hydroxyl groups is 1. The molecule has 1 aromatic heterocycles. The Morgan fingerprint density at radius 2 is 2.11 bits per heavy atom. The molecule has 0 fully saturated rings. The number of aromatic nitrogens is 2. The summed E-state index contributed by atoms with van der Waals surface area (Å²) in [5.41, 5.74) is 0.871. The number of nitrogens with zero attached hydrogens (tertiary/aromatic N) is 2. The van der Waals surface area contributed by atoms with Gasteiger partial charge >= 0.3 is 0 Å². The van der Waals surface area contributed by atoms with E-state index >= 15 is 0 Å². The summed E-state index contributed by atoms with van der Waals surface area (Å²) in [6, 6.07) is 0.335. The number of nitrogens with one attached hydrogen (secondary N) is 1. The second-order valence-electron chi connectivity index (χ2n) is 4.63. The van der Waals surface area contributed by atoms with Crippen LogP contribution in [0, 0.1) is 4.77 Å². The minimum Gasteiger partial charge on any atom is -0.390 e. The van der Waals surface area contributed by atoms with E-state index in [1.807, 2.05) is 4.57 Å². The third-order valence-electron chi connectivity index (χ3n) is 3.48. The Morgan fingerprint density at radius 3 is 2.67 bits per heavy atom. The van der Waals surface area contributed by atoms with E-state index in [1.165, 1.54) is 0 Å². The minimum atomic E-state index is 0.0352. The van der Waals surface area contributed by atoms with Gasteiger partial charge in [-0.05, 0) is 51.6 Å². The highest BCUT2D eigenvalue weighted by molar-refractivity contribution is 7.71. The van der Waals surface area contributed by atoms with Crippen molar-refractivity contribution in [3.05, 3.63) is 16.7 Å². The Bertz CT molecular complexity index is 395. The summed E-state index contributed by atoms with van der Waals surface area (Å²) in [7, 11) is 0. The van der Waals surface area contributed by atoms with Gasteiger partial charge in [0.15, 0.2) is 4.77 Å². The number of aliphatic hydroxyl groups excluding tert-OH is 1. The quantitative estimate of drug-likeness (QED) is 0.715. The van der Waals surface area contributed by atoms with Gasteiger partial charge in [-0.25, -0.2) is 0 Å². The van der Waals surface area contributed by atoms with Gasteiger partial charge in [0.2, 0.25) is 0 Å². The molecule has 1 aromatic rings. The molecule has 1 rings (SSSR count). The molecule has 2 N–H and O–H groups in total. The third-order valence-corrected chi connectivity index (χ3v) is 3.80. The van der Waals surface area contributed by atoms with E-state index in [4.69, 9.17) is 12.2 Å². The van der Waals surface area contributed by atoms with Gasteiger partial charge in [0, 0.05) is 12.2 Å². The number of imidazole rings is 1. The summed E-state index contributed by atoms with van der Waals surface area (Å²) in [5, 5.41) is 9.28. The maximum absolute atomic E-state index is 9.28. The summed E-state index contributed by atoms with van der Waals surface area (Å²) >= 11 is 5.25. The van der Waals surface area contributed by atoms with Crippen molar-refractivity contribution in [1.82, 2.24) is 14.5 Å². The van der Waals surface area contributed by atoms with Crippen LogP contribution in [0.25, 0.3) is 0 Å². The van der Waals surface area contributed by atoms with E-state index in [0.29, 0.717) is 10.8 Å². The molecule has 1 heterocycles. The molecule has 0 aliphatic carbocycles. The summed E-state index contributed by atoms with van der Waals surface area (Å²) in [6.45, 7) is 9.92. The first kappa shape index (κ1) is 15.4. The van der Waals surface area contributed by atoms with E-state index < -0.39 is 0 Å². The zero-order chi connectivity index (χ0) is 13.5. The number of hydrogen-bond acceptors (Lipinski definition) is 3. The highest BCUT2D eigenvalue weighted by Crippen LogP contribution is 2.17. The average molecular weight is 271 g/mol. The van der Waals surface area contributed by atoms with Crippen LogP contribution in [-0.2, 0) is 6.61 Å². The summed E-state index contributed by atoms with van der Waals surface area (Å²) in [5.74, 6) is 0. The van der Waals surface area contributed by atoms with Crippen molar-refractivity contribution in [2.24, 2.45) is 0 Å². The lowest BCUT2D eigenvalue weighted by molar-refractivity contribution is 0.260. The van der Waals surface area contributed by atoms with Gasteiger partial charge in [-0.15, -0.1) is 0 Å². The molecule has 0 amide bonds. The van der Waals surface area contributed by atoms with Gasteiger partial charge in [0.25, 0.3) is 0 Å². The molecule has 0 aliphatic rings. The molecular weight excluding hydrogens is 246 g/mol. The molecule has 18 heavy (non-hydrogen) atoms. The normalized spacial score (nSPS) is 13.2. The van der Waals surface area contributed by atoms with Gasteiger partial charge in [-0.2, -0.15) is 0 Å². The molecule has 0 aliphatic heterocycles. The van der Waals surface area contributed by atoms with Crippen LogP contribution >= 0.6 is 12.2 Å². The standard InChI is InChI=1S/C13H25N3OS/c1-4-15(5-2)8-6-7-11(3)16-12(10-17)9-14-13(16)18/h9,11,17H,4-8,10H2,1-3H3,(H,14,18). The van der Waals surface area contributed by atoms with Crippen LogP contribution < -0.4 is 0 Å². The van der Waals surface area contributed by atoms with Gasteiger partial charge < -0.3 is 19.6 Å². The fourth-order valence-corrected chi connectivity index (χ4v) is 2.65. The van der Waals surface area contributed by atoms with Crippen molar-refractivity contribution in [2.45, 2.75) is 46.3 Å². The van der Waals surface area contributed by atoms with Crippen LogP contribution in [0.3, 0.4) is 0 Å². The van der Waals surface area contributed by atoms with Crippen LogP contribution in [0.2, 0.25) is 0 Å². The molecule has 0 bridgehead atoms. The molecule has 0 spiro atoms. The fraction of sp³-hybridized carbons (Fsp3) is 0.769. The van der Waals surface area contributed by atoms with Gasteiger partial charge in [-0.3, -0.25) is 0 Å². The Labute approximate surface area is 115 Å². The predicted molar refractivity (Wildman–Crippen MR) is 77.3 cm³/mol. The van der Waals surface area contributed by atoms with Crippen LogP contribution in [0.15, 0.2) is 6.20 Å². The second kappa shape index (κ2) is 7.71. The molecule has 5 heteroatoms. The van der Waals surface area contributed by atoms with E-state index in [0.717, 1.165) is 38.2 Å². The minimum absolute atomic E-state index is 0.0352. The number of H-pyrrole nitrogens is 1. The van der Waals surface area contributed by atoms with Crippen molar-refractivity contribution >= 4 is 12.2 Å². The van der Waals surface area contributed by atoms with Gasteiger partial charge in [-0.1, -0.05) is 13.8 Å². The van der Waals surface area contributed by atoms with Crippen molar-refractivity contribution in [3.63, 3.8) is 0 Å². The van der Waals surface area contributed by atoms with E-state index in [2.05, 4.69) is 30.7 Å². The lowest BCUT2D eigenvalue weighted by Crippen LogP contribution is -2.24. The first-order chi connectivity index (χ1) is 8.63. The summed E-state index contributed by atoms with van der Waals surface area (Å²) < 4.78 is 2.73. The predicted octanol–water partition coefficient (Wildman–Crippen LogP) is 2.72. The first-order valence-corrected chi connectivity index (χ1v) is 7.16. The molecule has 1 unspecified atom stereocenters. The third kappa shape index (κ3) is 3.93. The first-order valence-electron chi connectivity index (χ1n) is 6.76. The van der Waals surface area contributed by atoms with Crippen molar-refractivity contribution in [1.29, 1.82) is 0 Å². The number of rotatable bonds is 8. The zero-order valence-electron chi connectivity index (χ0n) is 11.6. The molecular formula is C13H25N3OS. The molecule has 104 valence electrons. The number of aromatic amines is 1. The van der Waals surface area contributed by atoms with Crippen molar-refractivity contribution < 1.29 is 5.11 Å². The van der Waals surface area contributed by atoms with Crippen LogP contribution in [0.1, 0.15) is 45.3 Å². The molecule has 0 aromatic carbocycles. The fourth-order valence-electron chi connectivity index (χ4n) is 2.30. The maximum Gasteiger partial charge on any atom is 0.177 e. The Kier molecular flexibility index (Phi) is 6.60. The molecule has 0 saturated carbocycles. The average Bonchev–Trinajstić information content (AvgIpc) is 2.75. The maximum atomic E-state index is 9.28. The van der Waals surface area contributed by atoms with Crippen molar-refractivity contribution in [3.8, 4) is 0 Å². The Morgan fingerprint density at radius 1 is 1.44 bits per heavy atom. The lowest BCUT2D eigenvalue weighted by atomic mass is 10.1. The summed E-state index contributed by atoms with van der Waals surface area (Å²) in [4.78, 5) is 5.42. The molecule has 0 radical (unpaired) electrons. The van der Waals surface area contributed by atoms with Crippen LogP contribution in [0.5, 0.6) is 0 Å². The molecule has 4 nitrogen and oxygen atoms in total. The zero-order valence-corrected chi connectivity index (χ0v) is 12.5.